The molecule has 0 spiro atoms. The van der Waals surface area contributed by atoms with Crippen LogP contribution in [0.25, 0.3) is 0 Å². The van der Waals surface area contributed by atoms with Crippen LogP contribution in [-0.2, 0) is 10.2 Å². The minimum absolute atomic E-state index is 0.102. The summed E-state index contributed by atoms with van der Waals surface area (Å²) in [4.78, 5) is 11.7. The Morgan fingerprint density at radius 1 is 1.32 bits per heavy atom. The molecule has 1 aromatic rings. The summed E-state index contributed by atoms with van der Waals surface area (Å²) in [6.07, 6.45) is 4.76. The lowest BCUT2D eigenvalue weighted by Gasteiger charge is -2.42. The highest BCUT2D eigenvalue weighted by molar-refractivity contribution is 6.30. The number of amides is 1. The molecule has 2 rings (SSSR count). The molecule has 0 saturated heterocycles. The van der Waals surface area contributed by atoms with E-state index in [2.05, 4.69) is 17.4 Å². The Kier molecular flexibility index (Phi) is 4.83. The molecular weight excluding hydrogens is 260 g/mol. The van der Waals surface area contributed by atoms with Crippen molar-refractivity contribution >= 4 is 17.5 Å². The van der Waals surface area contributed by atoms with Crippen molar-refractivity contribution in [2.45, 2.75) is 37.5 Å². The second kappa shape index (κ2) is 6.40. The highest BCUT2D eigenvalue weighted by atomic mass is 35.5. The van der Waals surface area contributed by atoms with Crippen molar-refractivity contribution in [3.05, 3.63) is 34.9 Å². The minimum Gasteiger partial charge on any atom is -0.355 e. The Morgan fingerprint density at radius 2 is 2.00 bits per heavy atom. The first-order chi connectivity index (χ1) is 9.16. The first-order valence-electron chi connectivity index (χ1n) is 6.89. The Bertz CT molecular complexity index is 426. The van der Waals surface area contributed by atoms with E-state index in [1.54, 1.807) is 0 Å². The van der Waals surface area contributed by atoms with Gasteiger partial charge in [0, 0.05) is 23.4 Å². The van der Waals surface area contributed by atoms with Gasteiger partial charge in [-0.1, -0.05) is 30.2 Å². The van der Waals surface area contributed by atoms with Crippen molar-refractivity contribution in [2.24, 2.45) is 5.73 Å². The van der Waals surface area contributed by atoms with Crippen LogP contribution in [0.5, 0.6) is 0 Å². The van der Waals surface area contributed by atoms with Gasteiger partial charge < -0.3 is 11.1 Å². The Labute approximate surface area is 119 Å². The van der Waals surface area contributed by atoms with E-state index in [9.17, 15) is 4.79 Å². The van der Waals surface area contributed by atoms with Gasteiger partial charge in [0.25, 0.3) is 0 Å². The number of carbonyl (C=O) groups excluding carboxylic acids is 1. The molecule has 1 fully saturated rings. The summed E-state index contributed by atoms with van der Waals surface area (Å²) in [5, 5.41) is 3.80. The molecule has 1 amide bonds. The number of carbonyl (C=O) groups is 1. The van der Waals surface area contributed by atoms with Gasteiger partial charge in [-0.2, -0.15) is 0 Å². The van der Waals surface area contributed by atoms with E-state index in [0.29, 0.717) is 13.0 Å². The van der Waals surface area contributed by atoms with E-state index in [0.717, 1.165) is 30.8 Å². The maximum absolute atomic E-state index is 11.7. The third-order valence-electron chi connectivity index (χ3n) is 4.00. The van der Waals surface area contributed by atoms with Gasteiger partial charge in [0.2, 0.25) is 5.91 Å². The molecule has 1 saturated carbocycles. The molecule has 0 unspecified atom stereocenters. The second-order valence-corrected chi connectivity index (χ2v) is 5.75. The van der Waals surface area contributed by atoms with E-state index in [1.165, 1.54) is 12.0 Å². The molecule has 0 bridgehead atoms. The molecule has 0 heterocycles. The predicted octanol–water partition coefficient (Wildman–Crippen LogP) is 2.62. The number of halogens is 1. The van der Waals surface area contributed by atoms with Gasteiger partial charge in [-0.15, -0.1) is 0 Å². The zero-order valence-electron chi connectivity index (χ0n) is 11.1. The molecule has 3 nitrogen and oxygen atoms in total. The summed E-state index contributed by atoms with van der Waals surface area (Å²) in [5.74, 6) is 0.102. The lowest BCUT2D eigenvalue weighted by Crippen LogP contribution is -2.45. The Balaban J connectivity index is 1.95. The van der Waals surface area contributed by atoms with Crippen LogP contribution < -0.4 is 11.1 Å². The zero-order valence-corrected chi connectivity index (χ0v) is 11.9. The van der Waals surface area contributed by atoms with E-state index in [-0.39, 0.29) is 11.3 Å². The molecule has 19 heavy (non-hydrogen) atoms. The molecule has 104 valence electrons. The Hall–Kier alpha value is -1.06. The molecule has 0 aromatic heterocycles. The van der Waals surface area contributed by atoms with Crippen molar-refractivity contribution in [2.75, 3.05) is 13.1 Å². The molecular formula is C15H21ClN2O. The minimum atomic E-state index is 0.102. The molecule has 1 aliphatic rings. The normalized spacial score (nSPS) is 16.7. The number of hydrogen-bond donors (Lipinski definition) is 2. The van der Waals surface area contributed by atoms with E-state index in [1.807, 2.05) is 12.1 Å². The lowest BCUT2D eigenvalue weighted by atomic mass is 9.64. The highest BCUT2D eigenvalue weighted by Crippen LogP contribution is 2.43. The number of nitrogens with one attached hydrogen (secondary N) is 1. The second-order valence-electron chi connectivity index (χ2n) is 5.31. The van der Waals surface area contributed by atoms with Crippen molar-refractivity contribution in [3.63, 3.8) is 0 Å². The summed E-state index contributed by atoms with van der Waals surface area (Å²) >= 11 is 5.93. The Morgan fingerprint density at radius 3 is 2.53 bits per heavy atom. The largest absolute Gasteiger partial charge is 0.355 e. The van der Waals surface area contributed by atoms with E-state index >= 15 is 0 Å². The van der Waals surface area contributed by atoms with Crippen molar-refractivity contribution in [1.82, 2.24) is 5.32 Å². The fraction of sp³-hybridized carbons (Fsp3) is 0.533. The average Bonchev–Trinajstić information content (AvgIpc) is 2.37. The molecule has 0 aliphatic heterocycles. The van der Waals surface area contributed by atoms with Crippen molar-refractivity contribution in [3.8, 4) is 0 Å². The molecule has 1 aliphatic carbocycles. The summed E-state index contributed by atoms with van der Waals surface area (Å²) in [6, 6.07) is 8.00. The van der Waals surface area contributed by atoms with Gasteiger partial charge in [0.05, 0.1) is 0 Å². The van der Waals surface area contributed by atoms with Crippen molar-refractivity contribution < 1.29 is 4.79 Å². The summed E-state index contributed by atoms with van der Waals surface area (Å²) in [5.41, 5.74) is 6.80. The van der Waals surface area contributed by atoms with E-state index in [4.69, 9.17) is 17.3 Å². The molecule has 3 N–H and O–H groups in total. The molecule has 4 heteroatoms. The topological polar surface area (TPSA) is 55.1 Å². The standard InChI is InChI=1S/C15H21ClN2O/c16-13-6-4-12(5-7-13)15(8-2-9-15)11-18-14(19)3-1-10-17/h4-7H,1-3,8-11,17H2,(H,18,19). The van der Waals surface area contributed by atoms with Crippen molar-refractivity contribution in [1.29, 1.82) is 0 Å². The smallest absolute Gasteiger partial charge is 0.220 e. The van der Waals surface area contributed by atoms with Crippen LogP contribution in [0.2, 0.25) is 5.02 Å². The maximum atomic E-state index is 11.7. The number of hydrogen-bond acceptors (Lipinski definition) is 2. The van der Waals surface area contributed by atoms with Crippen LogP contribution in [0.1, 0.15) is 37.7 Å². The van der Waals surface area contributed by atoms with Crippen LogP contribution in [0.3, 0.4) is 0 Å². The van der Waals surface area contributed by atoms with Crippen LogP contribution in [0.4, 0.5) is 0 Å². The fourth-order valence-corrected chi connectivity index (χ4v) is 2.72. The molecule has 1 aromatic carbocycles. The fourth-order valence-electron chi connectivity index (χ4n) is 2.59. The van der Waals surface area contributed by atoms with Crippen LogP contribution in [0, 0.1) is 0 Å². The summed E-state index contributed by atoms with van der Waals surface area (Å²) in [7, 11) is 0. The lowest BCUT2D eigenvalue weighted by molar-refractivity contribution is -0.121. The third-order valence-corrected chi connectivity index (χ3v) is 4.25. The number of rotatable bonds is 6. The summed E-state index contributed by atoms with van der Waals surface area (Å²) < 4.78 is 0. The quantitative estimate of drug-likeness (QED) is 0.842. The first kappa shape index (κ1) is 14.4. The average molecular weight is 281 g/mol. The van der Waals surface area contributed by atoms with E-state index < -0.39 is 0 Å². The zero-order chi connectivity index (χ0) is 13.7. The van der Waals surface area contributed by atoms with Gasteiger partial charge in [0.1, 0.15) is 0 Å². The first-order valence-corrected chi connectivity index (χ1v) is 7.27. The maximum Gasteiger partial charge on any atom is 0.220 e. The van der Waals surface area contributed by atoms with Crippen LogP contribution >= 0.6 is 11.6 Å². The van der Waals surface area contributed by atoms with Gasteiger partial charge in [-0.05, 0) is 43.5 Å². The highest BCUT2D eigenvalue weighted by Gasteiger charge is 2.38. The van der Waals surface area contributed by atoms with Crippen LogP contribution in [-0.4, -0.2) is 19.0 Å². The van der Waals surface area contributed by atoms with Crippen LogP contribution in [0.15, 0.2) is 24.3 Å². The number of benzene rings is 1. The van der Waals surface area contributed by atoms with Gasteiger partial charge in [-0.3, -0.25) is 4.79 Å². The van der Waals surface area contributed by atoms with Gasteiger partial charge >= 0.3 is 0 Å². The van der Waals surface area contributed by atoms with Gasteiger partial charge in [0.15, 0.2) is 0 Å². The molecule has 0 radical (unpaired) electrons. The number of nitrogens with two attached hydrogens (primary N) is 1. The summed E-state index contributed by atoms with van der Waals surface area (Å²) in [6.45, 7) is 1.29. The SMILES string of the molecule is NCCCC(=O)NCC1(c2ccc(Cl)cc2)CCC1. The third kappa shape index (κ3) is 3.48. The van der Waals surface area contributed by atoms with Gasteiger partial charge in [-0.25, -0.2) is 0 Å². The molecule has 0 atom stereocenters. The predicted molar refractivity (Wildman–Crippen MR) is 78.3 cm³/mol. The monoisotopic (exact) mass is 280 g/mol.